The summed E-state index contributed by atoms with van der Waals surface area (Å²) in [6.45, 7) is 3.95. The molecule has 3 nitrogen and oxygen atoms in total. The van der Waals surface area contributed by atoms with Crippen molar-refractivity contribution >= 4 is 11.6 Å². The van der Waals surface area contributed by atoms with Gasteiger partial charge in [0.25, 0.3) is 0 Å². The number of carbonyl (C=O) groups excluding carboxylic acids is 1. The molecule has 1 aliphatic rings. The fourth-order valence-electron chi connectivity index (χ4n) is 3.27. The molecular weight excluding hydrogens is 296 g/mol. The van der Waals surface area contributed by atoms with Crippen molar-refractivity contribution in [1.82, 2.24) is 4.90 Å². The average molecular weight is 322 g/mol. The zero-order chi connectivity index (χ0) is 16.9. The molecule has 0 saturated heterocycles. The predicted octanol–water partition coefficient (Wildman–Crippen LogP) is 3.53. The maximum Gasteiger partial charge on any atom is 0.227 e. The topological polar surface area (TPSA) is 23.6 Å². The monoisotopic (exact) mass is 322 g/mol. The summed E-state index contributed by atoms with van der Waals surface area (Å²) in [5.41, 5.74) is 3.74. The minimum Gasteiger partial charge on any atom is -0.311 e. The van der Waals surface area contributed by atoms with Gasteiger partial charge >= 0.3 is 0 Å². The van der Waals surface area contributed by atoms with E-state index >= 15 is 0 Å². The van der Waals surface area contributed by atoms with Crippen LogP contribution in [0.15, 0.2) is 54.6 Å². The van der Waals surface area contributed by atoms with Crippen LogP contribution in [-0.2, 0) is 17.6 Å². The Kier molecular flexibility index (Phi) is 5.31. The van der Waals surface area contributed by atoms with E-state index in [4.69, 9.17) is 0 Å². The second-order valence-electron chi connectivity index (χ2n) is 6.70. The van der Waals surface area contributed by atoms with Crippen molar-refractivity contribution in [2.45, 2.75) is 32.2 Å². The summed E-state index contributed by atoms with van der Waals surface area (Å²) in [5.74, 6) is 0.247. The Morgan fingerprint density at radius 2 is 1.75 bits per heavy atom. The van der Waals surface area contributed by atoms with E-state index in [1.165, 1.54) is 11.1 Å². The third-order valence-electron chi connectivity index (χ3n) is 4.99. The van der Waals surface area contributed by atoms with Gasteiger partial charge in [0.2, 0.25) is 5.91 Å². The van der Waals surface area contributed by atoms with Crippen molar-refractivity contribution in [3.8, 4) is 0 Å². The zero-order valence-electron chi connectivity index (χ0n) is 14.6. The highest BCUT2D eigenvalue weighted by Gasteiger charge is 2.25. The van der Waals surface area contributed by atoms with E-state index in [-0.39, 0.29) is 5.91 Å². The lowest BCUT2D eigenvalue weighted by Gasteiger charge is -2.34. The molecule has 0 fully saturated rings. The van der Waals surface area contributed by atoms with E-state index in [2.05, 4.69) is 67.4 Å². The molecule has 0 aromatic heterocycles. The third kappa shape index (κ3) is 3.85. The molecule has 3 heteroatoms. The number of fused-ring (bicyclic) bond motifs is 1. The molecule has 1 atom stereocenters. The Hall–Kier alpha value is -2.13. The smallest absolute Gasteiger partial charge is 0.227 e. The molecular formula is C21H26N2O. The van der Waals surface area contributed by atoms with Crippen LogP contribution in [0.3, 0.4) is 0 Å². The van der Waals surface area contributed by atoms with Gasteiger partial charge in [0, 0.05) is 31.2 Å². The highest BCUT2D eigenvalue weighted by atomic mass is 16.2. The van der Waals surface area contributed by atoms with Crippen LogP contribution in [0.1, 0.15) is 24.5 Å². The second-order valence-corrected chi connectivity index (χ2v) is 6.70. The van der Waals surface area contributed by atoms with Gasteiger partial charge in [-0.25, -0.2) is 0 Å². The van der Waals surface area contributed by atoms with Crippen molar-refractivity contribution in [3.63, 3.8) is 0 Å². The van der Waals surface area contributed by atoms with Gasteiger partial charge < -0.3 is 9.80 Å². The lowest BCUT2D eigenvalue weighted by Crippen LogP contribution is -2.45. The number of carbonyl (C=O) groups is 1. The van der Waals surface area contributed by atoms with Gasteiger partial charge in [-0.15, -0.1) is 0 Å². The fourth-order valence-corrected chi connectivity index (χ4v) is 3.27. The number of hydrogen-bond donors (Lipinski definition) is 0. The van der Waals surface area contributed by atoms with Gasteiger partial charge in [-0.3, -0.25) is 4.79 Å². The molecule has 0 N–H and O–H groups in total. The first-order valence-corrected chi connectivity index (χ1v) is 8.77. The summed E-state index contributed by atoms with van der Waals surface area (Å²) in [5, 5.41) is 0. The van der Waals surface area contributed by atoms with Crippen LogP contribution in [0.2, 0.25) is 0 Å². The third-order valence-corrected chi connectivity index (χ3v) is 4.99. The van der Waals surface area contributed by atoms with Gasteiger partial charge in [0.1, 0.15) is 0 Å². The first-order valence-electron chi connectivity index (χ1n) is 8.77. The van der Waals surface area contributed by atoms with Gasteiger partial charge in [-0.1, -0.05) is 48.5 Å². The van der Waals surface area contributed by atoms with E-state index < -0.39 is 0 Å². The largest absolute Gasteiger partial charge is 0.311 e. The molecule has 24 heavy (non-hydrogen) atoms. The van der Waals surface area contributed by atoms with E-state index in [9.17, 15) is 4.79 Å². The van der Waals surface area contributed by atoms with Crippen molar-refractivity contribution in [1.29, 1.82) is 0 Å². The van der Waals surface area contributed by atoms with Crippen molar-refractivity contribution in [2.24, 2.45) is 0 Å². The Balaban J connectivity index is 1.61. The molecule has 126 valence electrons. The highest BCUT2D eigenvalue weighted by molar-refractivity contribution is 5.96. The molecule has 1 heterocycles. The van der Waals surface area contributed by atoms with Crippen LogP contribution in [0.4, 0.5) is 5.69 Å². The van der Waals surface area contributed by atoms with Gasteiger partial charge in [0.15, 0.2) is 0 Å². The number of para-hydroxylation sites is 1. The number of nitrogens with zero attached hydrogens (tertiary/aromatic N) is 2. The van der Waals surface area contributed by atoms with Crippen LogP contribution in [-0.4, -0.2) is 37.0 Å². The standard InChI is InChI=1S/C21H26N2O/c1-17(22(2)15-14-18-8-4-3-5-9-18)16-23-20-11-7-6-10-19(20)12-13-21(23)24/h3-11,17H,12-16H2,1-2H3. The van der Waals surface area contributed by atoms with E-state index in [1.54, 1.807) is 0 Å². The maximum atomic E-state index is 12.4. The van der Waals surface area contributed by atoms with Crippen molar-refractivity contribution < 1.29 is 4.79 Å². The lowest BCUT2D eigenvalue weighted by atomic mass is 10.0. The summed E-state index contributed by atoms with van der Waals surface area (Å²) in [4.78, 5) is 16.7. The first-order chi connectivity index (χ1) is 11.6. The van der Waals surface area contributed by atoms with E-state index in [0.717, 1.165) is 31.6 Å². The Morgan fingerprint density at radius 1 is 1.04 bits per heavy atom. The number of benzene rings is 2. The molecule has 2 aromatic carbocycles. The van der Waals surface area contributed by atoms with Crippen molar-refractivity contribution in [3.05, 3.63) is 65.7 Å². The number of anilines is 1. The molecule has 0 spiro atoms. The molecule has 2 aromatic rings. The van der Waals surface area contributed by atoms with Gasteiger partial charge in [-0.05, 0) is 44.0 Å². The molecule has 0 saturated carbocycles. The van der Waals surface area contributed by atoms with Crippen LogP contribution < -0.4 is 4.90 Å². The summed E-state index contributed by atoms with van der Waals surface area (Å²) in [7, 11) is 2.15. The molecule has 1 amide bonds. The molecule has 0 aliphatic carbocycles. The molecule has 3 rings (SSSR count). The van der Waals surface area contributed by atoms with E-state index in [0.29, 0.717) is 12.5 Å². The Bertz CT molecular complexity index is 683. The number of rotatable bonds is 6. The number of amides is 1. The van der Waals surface area contributed by atoms with Gasteiger partial charge in [-0.2, -0.15) is 0 Å². The lowest BCUT2D eigenvalue weighted by molar-refractivity contribution is -0.119. The molecule has 1 unspecified atom stereocenters. The minimum absolute atomic E-state index is 0.247. The van der Waals surface area contributed by atoms with Crippen molar-refractivity contribution in [2.75, 3.05) is 25.0 Å². The normalized spacial score (nSPS) is 15.5. The maximum absolute atomic E-state index is 12.4. The van der Waals surface area contributed by atoms with Gasteiger partial charge in [0.05, 0.1) is 0 Å². The quantitative estimate of drug-likeness (QED) is 0.812. The summed E-state index contributed by atoms with van der Waals surface area (Å²) < 4.78 is 0. The summed E-state index contributed by atoms with van der Waals surface area (Å²) in [6.07, 6.45) is 2.52. The highest BCUT2D eigenvalue weighted by Crippen LogP contribution is 2.27. The van der Waals surface area contributed by atoms with Crippen LogP contribution in [0.25, 0.3) is 0 Å². The molecule has 0 bridgehead atoms. The Morgan fingerprint density at radius 3 is 2.54 bits per heavy atom. The predicted molar refractivity (Wildman–Crippen MR) is 99.4 cm³/mol. The average Bonchev–Trinajstić information content (AvgIpc) is 2.63. The zero-order valence-corrected chi connectivity index (χ0v) is 14.6. The number of aryl methyl sites for hydroxylation is 1. The fraction of sp³-hybridized carbons (Fsp3) is 0.381. The van der Waals surface area contributed by atoms with Crippen LogP contribution >= 0.6 is 0 Å². The summed E-state index contributed by atoms with van der Waals surface area (Å²) in [6, 6.07) is 19.2. The molecule has 1 aliphatic heterocycles. The SMILES string of the molecule is CC(CN1C(=O)CCc2ccccc21)N(C)CCc1ccccc1. The molecule has 0 radical (unpaired) electrons. The van der Waals surface area contributed by atoms with E-state index in [1.807, 2.05) is 11.0 Å². The summed E-state index contributed by atoms with van der Waals surface area (Å²) >= 11 is 0. The second kappa shape index (κ2) is 7.63. The number of likely N-dealkylation sites (N-methyl/N-ethyl adjacent to an activating group) is 1. The van der Waals surface area contributed by atoms with Crippen LogP contribution in [0, 0.1) is 0 Å². The Labute approximate surface area is 144 Å². The minimum atomic E-state index is 0.247. The first kappa shape index (κ1) is 16.7. The van der Waals surface area contributed by atoms with Crippen LogP contribution in [0.5, 0.6) is 0 Å². The number of hydrogen-bond acceptors (Lipinski definition) is 2.